The summed E-state index contributed by atoms with van der Waals surface area (Å²) in [5.41, 5.74) is 7.29. The maximum absolute atomic E-state index is 12.1. The molecule has 0 aromatic heterocycles. The summed E-state index contributed by atoms with van der Waals surface area (Å²) in [5, 5.41) is 3.14. The maximum Gasteiger partial charge on any atom is 0.251 e. The van der Waals surface area contributed by atoms with E-state index in [-0.39, 0.29) is 23.9 Å². The molecule has 2 rings (SSSR count). The molecule has 0 bridgehead atoms. The number of halogens is 1. The van der Waals surface area contributed by atoms with Crippen LogP contribution >= 0.6 is 12.4 Å². The first kappa shape index (κ1) is 15.0. The van der Waals surface area contributed by atoms with Crippen LogP contribution < -0.4 is 11.1 Å². The Labute approximate surface area is 115 Å². The van der Waals surface area contributed by atoms with Crippen molar-refractivity contribution in [3.8, 4) is 0 Å². The molecule has 1 aromatic rings. The van der Waals surface area contributed by atoms with Crippen LogP contribution in [0.4, 0.5) is 0 Å². The van der Waals surface area contributed by atoms with E-state index in [1.165, 1.54) is 12.8 Å². The highest BCUT2D eigenvalue weighted by molar-refractivity contribution is 5.94. The van der Waals surface area contributed by atoms with Crippen molar-refractivity contribution in [2.45, 2.75) is 44.7 Å². The Kier molecular flexibility index (Phi) is 5.17. The van der Waals surface area contributed by atoms with Crippen LogP contribution in [-0.4, -0.2) is 11.4 Å². The fourth-order valence-electron chi connectivity index (χ4n) is 2.42. The van der Waals surface area contributed by atoms with Crippen molar-refractivity contribution in [2.75, 3.05) is 0 Å². The van der Waals surface area contributed by atoms with Crippen molar-refractivity contribution >= 4 is 18.3 Å². The van der Waals surface area contributed by atoms with Crippen LogP contribution in [0.1, 0.15) is 48.5 Å². The molecule has 0 radical (unpaired) electrons. The van der Waals surface area contributed by atoms with Gasteiger partial charge >= 0.3 is 0 Å². The molecule has 1 aliphatic carbocycles. The van der Waals surface area contributed by atoms with Crippen LogP contribution in [-0.2, 0) is 6.54 Å². The molecule has 1 aromatic carbocycles. The molecule has 0 unspecified atom stereocenters. The Morgan fingerprint density at radius 1 is 1.28 bits per heavy atom. The van der Waals surface area contributed by atoms with Gasteiger partial charge in [0.15, 0.2) is 0 Å². The Balaban J connectivity index is 0.00000162. The van der Waals surface area contributed by atoms with E-state index in [2.05, 4.69) is 12.2 Å². The van der Waals surface area contributed by atoms with Crippen LogP contribution in [0.5, 0.6) is 0 Å². The topological polar surface area (TPSA) is 55.1 Å². The van der Waals surface area contributed by atoms with E-state index in [4.69, 9.17) is 5.73 Å². The Hall–Kier alpha value is -1.06. The normalized spacial score (nSPS) is 17.0. The zero-order valence-electron chi connectivity index (χ0n) is 10.7. The number of hydrogen-bond acceptors (Lipinski definition) is 2. The molecule has 18 heavy (non-hydrogen) atoms. The zero-order chi connectivity index (χ0) is 12.3. The van der Waals surface area contributed by atoms with Crippen LogP contribution in [0.2, 0.25) is 0 Å². The number of amides is 1. The van der Waals surface area contributed by atoms with Crippen molar-refractivity contribution in [1.29, 1.82) is 0 Å². The molecule has 0 aliphatic heterocycles. The summed E-state index contributed by atoms with van der Waals surface area (Å²) in [7, 11) is 0. The predicted octanol–water partition coefficient (Wildman–Crippen LogP) is 2.63. The summed E-state index contributed by atoms with van der Waals surface area (Å²) in [6, 6.07) is 7.50. The Bertz CT molecular complexity index is 397. The lowest BCUT2D eigenvalue weighted by atomic mass is 10.00. The van der Waals surface area contributed by atoms with Gasteiger partial charge in [0.05, 0.1) is 0 Å². The minimum atomic E-state index is -0.0103. The monoisotopic (exact) mass is 268 g/mol. The van der Waals surface area contributed by atoms with Gasteiger partial charge in [0, 0.05) is 17.6 Å². The van der Waals surface area contributed by atoms with Gasteiger partial charge in [-0.05, 0) is 37.5 Å². The van der Waals surface area contributed by atoms with Crippen molar-refractivity contribution in [1.82, 2.24) is 5.32 Å². The lowest BCUT2D eigenvalue weighted by molar-refractivity contribution is 0.0908. The van der Waals surface area contributed by atoms with E-state index in [1.807, 2.05) is 24.3 Å². The van der Waals surface area contributed by atoms with Crippen LogP contribution in [0.15, 0.2) is 24.3 Å². The first-order valence-corrected chi connectivity index (χ1v) is 6.24. The van der Waals surface area contributed by atoms with Crippen LogP contribution in [0.3, 0.4) is 0 Å². The molecule has 0 saturated heterocycles. The van der Waals surface area contributed by atoms with Crippen molar-refractivity contribution < 1.29 is 4.79 Å². The maximum atomic E-state index is 12.1. The quantitative estimate of drug-likeness (QED) is 0.885. The van der Waals surface area contributed by atoms with E-state index in [0.29, 0.717) is 6.54 Å². The number of rotatable bonds is 3. The molecule has 0 heterocycles. The third-order valence-electron chi connectivity index (χ3n) is 3.57. The SMILES string of the molecule is CC1(NC(=O)c2ccc(CN)cc2)CCCC1.Cl. The number of nitrogens with two attached hydrogens (primary N) is 1. The first-order chi connectivity index (χ1) is 8.13. The minimum absolute atomic E-state index is 0. The van der Waals surface area contributed by atoms with Crippen molar-refractivity contribution in [3.63, 3.8) is 0 Å². The van der Waals surface area contributed by atoms with Gasteiger partial charge in [-0.2, -0.15) is 0 Å². The second-order valence-electron chi connectivity index (χ2n) is 5.12. The van der Waals surface area contributed by atoms with Crippen LogP contribution in [0.25, 0.3) is 0 Å². The van der Waals surface area contributed by atoms with Crippen molar-refractivity contribution in [3.05, 3.63) is 35.4 Å². The molecule has 1 aliphatic rings. The van der Waals surface area contributed by atoms with Gasteiger partial charge in [0.2, 0.25) is 0 Å². The van der Waals surface area contributed by atoms with E-state index in [1.54, 1.807) is 0 Å². The molecule has 3 nitrogen and oxygen atoms in total. The third kappa shape index (κ3) is 3.47. The Morgan fingerprint density at radius 3 is 2.33 bits per heavy atom. The van der Waals surface area contributed by atoms with E-state index in [0.717, 1.165) is 24.0 Å². The van der Waals surface area contributed by atoms with E-state index in [9.17, 15) is 4.79 Å². The molecule has 1 saturated carbocycles. The number of carbonyl (C=O) groups is 1. The zero-order valence-corrected chi connectivity index (χ0v) is 11.6. The smallest absolute Gasteiger partial charge is 0.251 e. The van der Waals surface area contributed by atoms with Gasteiger partial charge in [-0.15, -0.1) is 12.4 Å². The van der Waals surface area contributed by atoms with E-state index >= 15 is 0 Å². The summed E-state index contributed by atoms with van der Waals surface area (Å²) in [5.74, 6) is 0.0259. The van der Waals surface area contributed by atoms with Gasteiger partial charge < -0.3 is 11.1 Å². The summed E-state index contributed by atoms with van der Waals surface area (Å²) >= 11 is 0. The van der Waals surface area contributed by atoms with Crippen molar-refractivity contribution in [2.24, 2.45) is 5.73 Å². The predicted molar refractivity (Wildman–Crippen MR) is 75.9 cm³/mol. The second-order valence-corrected chi connectivity index (χ2v) is 5.12. The van der Waals surface area contributed by atoms with Crippen LogP contribution in [0, 0.1) is 0 Å². The molecular formula is C14H21ClN2O. The number of nitrogens with one attached hydrogen (secondary N) is 1. The van der Waals surface area contributed by atoms with Gasteiger partial charge in [-0.1, -0.05) is 25.0 Å². The highest BCUT2D eigenvalue weighted by Crippen LogP contribution is 2.29. The molecule has 100 valence electrons. The highest BCUT2D eigenvalue weighted by atomic mass is 35.5. The molecule has 1 amide bonds. The van der Waals surface area contributed by atoms with Gasteiger partial charge in [0.1, 0.15) is 0 Å². The summed E-state index contributed by atoms with van der Waals surface area (Å²) < 4.78 is 0. The summed E-state index contributed by atoms with van der Waals surface area (Å²) in [6.45, 7) is 2.64. The van der Waals surface area contributed by atoms with Gasteiger partial charge in [-0.25, -0.2) is 0 Å². The lowest BCUT2D eigenvalue weighted by Gasteiger charge is -2.25. The van der Waals surface area contributed by atoms with Gasteiger partial charge in [-0.3, -0.25) is 4.79 Å². The number of hydrogen-bond donors (Lipinski definition) is 2. The molecule has 0 atom stereocenters. The number of carbonyl (C=O) groups excluding carboxylic acids is 1. The average molecular weight is 269 g/mol. The Morgan fingerprint density at radius 2 is 1.83 bits per heavy atom. The van der Waals surface area contributed by atoms with E-state index < -0.39 is 0 Å². The van der Waals surface area contributed by atoms with Gasteiger partial charge in [0.25, 0.3) is 5.91 Å². The fraction of sp³-hybridized carbons (Fsp3) is 0.500. The summed E-state index contributed by atoms with van der Waals surface area (Å²) in [6.07, 6.45) is 4.59. The minimum Gasteiger partial charge on any atom is -0.347 e. The molecule has 3 N–H and O–H groups in total. The third-order valence-corrected chi connectivity index (χ3v) is 3.57. The summed E-state index contributed by atoms with van der Waals surface area (Å²) in [4.78, 5) is 12.1. The number of benzene rings is 1. The molecular weight excluding hydrogens is 248 g/mol. The molecule has 4 heteroatoms. The first-order valence-electron chi connectivity index (χ1n) is 6.24. The second kappa shape index (κ2) is 6.21. The molecule has 1 fully saturated rings. The average Bonchev–Trinajstić information content (AvgIpc) is 2.76. The highest BCUT2D eigenvalue weighted by Gasteiger charge is 2.30. The standard InChI is InChI=1S/C14H20N2O.ClH/c1-14(8-2-3-9-14)16-13(17)12-6-4-11(10-15)5-7-12;/h4-7H,2-3,8-10,15H2,1H3,(H,16,17);1H. The largest absolute Gasteiger partial charge is 0.347 e. The lowest BCUT2D eigenvalue weighted by Crippen LogP contribution is -2.43. The molecule has 0 spiro atoms. The fourth-order valence-corrected chi connectivity index (χ4v) is 2.42.